The molecule has 2 nitrogen and oxygen atoms in total. The highest BCUT2D eigenvalue weighted by atomic mass is 35.5. The van der Waals surface area contributed by atoms with Gasteiger partial charge in [-0.25, -0.2) is 0 Å². The van der Waals surface area contributed by atoms with E-state index in [2.05, 4.69) is 44.3 Å². The van der Waals surface area contributed by atoms with Gasteiger partial charge in [0.05, 0.1) is 6.54 Å². The minimum absolute atomic E-state index is 0.0891. The first kappa shape index (κ1) is 14.7. The molecule has 106 valence electrons. The molecule has 0 spiro atoms. The number of hydrogen-bond acceptors (Lipinski definition) is 2. The van der Waals surface area contributed by atoms with Gasteiger partial charge in [0.15, 0.2) is 0 Å². The number of halogens is 1. The lowest BCUT2D eigenvalue weighted by atomic mass is 10.1. The van der Waals surface area contributed by atoms with Gasteiger partial charge < -0.3 is 10.1 Å². The van der Waals surface area contributed by atoms with Crippen LogP contribution in [-0.4, -0.2) is 12.6 Å². The largest absolute Gasteiger partial charge is 0.489 e. The van der Waals surface area contributed by atoms with Crippen molar-refractivity contribution in [3.8, 4) is 5.75 Å². The van der Waals surface area contributed by atoms with Gasteiger partial charge in [0.2, 0.25) is 0 Å². The molecule has 0 fully saturated rings. The Labute approximate surface area is 125 Å². The fraction of sp³-hybridized carbons (Fsp3) is 0.294. The summed E-state index contributed by atoms with van der Waals surface area (Å²) in [6, 6.07) is 13.9. The SMILES string of the molecule is Cc1ccc(C)c(OC(C)CNc2ccc(Cl)cc2)c1. The lowest BCUT2D eigenvalue weighted by Gasteiger charge is -2.18. The quantitative estimate of drug-likeness (QED) is 0.851. The number of aryl methyl sites for hydroxylation is 2. The van der Waals surface area contributed by atoms with Crippen LogP contribution in [0.4, 0.5) is 5.69 Å². The van der Waals surface area contributed by atoms with Crippen molar-refractivity contribution in [2.75, 3.05) is 11.9 Å². The zero-order chi connectivity index (χ0) is 14.5. The van der Waals surface area contributed by atoms with Gasteiger partial charge in [0, 0.05) is 10.7 Å². The minimum Gasteiger partial charge on any atom is -0.489 e. The van der Waals surface area contributed by atoms with Gasteiger partial charge in [-0.05, 0) is 62.2 Å². The number of anilines is 1. The normalized spacial score (nSPS) is 12.0. The van der Waals surface area contributed by atoms with Gasteiger partial charge in [-0.1, -0.05) is 23.7 Å². The van der Waals surface area contributed by atoms with Gasteiger partial charge in [-0.3, -0.25) is 0 Å². The monoisotopic (exact) mass is 289 g/mol. The number of nitrogens with one attached hydrogen (secondary N) is 1. The average molecular weight is 290 g/mol. The molecule has 0 aliphatic rings. The summed E-state index contributed by atoms with van der Waals surface area (Å²) in [5, 5.41) is 4.09. The van der Waals surface area contributed by atoms with Crippen LogP contribution in [0.1, 0.15) is 18.1 Å². The number of ether oxygens (including phenoxy) is 1. The highest BCUT2D eigenvalue weighted by Crippen LogP contribution is 2.20. The summed E-state index contributed by atoms with van der Waals surface area (Å²) in [6.45, 7) is 6.94. The Balaban J connectivity index is 1.90. The van der Waals surface area contributed by atoms with E-state index < -0.39 is 0 Å². The summed E-state index contributed by atoms with van der Waals surface area (Å²) in [4.78, 5) is 0. The van der Waals surface area contributed by atoms with Crippen LogP contribution in [0, 0.1) is 13.8 Å². The molecule has 3 heteroatoms. The third-order valence-corrected chi connectivity index (χ3v) is 3.36. The molecule has 0 bridgehead atoms. The molecule has 1 atom stereocenters. The van der Waals surface area contributed by atoms with Gasteiger partial charge in [0.1, 0.15) is 11.9 Å². The highest BCUT2D eigenvalue weighted by molar-refractivity contribution is 6.30. The maximum atomic E-state index is 5.98. The summed E-state index contributed by atoms with van der Waals surface area (Å²) in [6.07, 6.45) is 0.0891. The summed E-state index contributed by atoms with van der Waals surface area (Å²) in [5.74, 6) is 0.954. The van der Waals surface area contributed by atoms with Crippen molar-refractivity contribution in [3.05, 3.63) is 58.6 Å². The molecule has 0 saturated heterocycles. The molecule has 0 heterocycles. The smallest absolute Gasteiger partial charge is 0.122 e. The third kappa shape index (κ3) is 4.17. The van der Waals surface area contributed by atoms with E-state index in [1.54, 1.807) is 0 Å². The van der Waals surface area contributed by atoms with Crippen molar-refractivity contribution in [2.45, 2.75) is 26.9 Å². The third-order valence-electron chi connectivity index (χ3n) is 3.11. The van der Waals surface area contributed by atoms with E-state index >= 15 is 0 Å². The zero-order valence-electron chi connectivity index (χ0n) is 12.1. The Morgan fingerprint density at radius 1 is 1.10 bits per heavy atom. The second-order valence-corrected chi connectivity index (χ2v) is 5.52. The second kappa shape index (κ2) is 6.67. The summed E-state index contributed by atoms with van der Waals surface area (Å²) >= 11 is 5.86. The van der Waals surface area contributed by atoms with E-state index in [9.17, 15) is 0 Å². The predicted octanol–water partition coefficient (Wildman–Crippen LogP) is 4.84. The maximum Gasteiger partial charge on any atom is 0.122 e. The van der Waals surface area contributed by atoms with Crippen molar-refractivity contribution in [1.82, 2.24) is 0 Å². The number of rotatable bonds is 5. The maximum absolute atomic E-state index is 5.98. The van der Waals surface area contributed by atoms with Gasteiger partial charge in [0.25, 0.3) is 0 Å². The second-order valence-electron chi connectivity index (χ2n) is 5.09. The molecule has 20 heavy (non-hydrogen) atoms. The van der Waals surface area contributed by atoms with Crippen LogP contribution >= 0.6 is 11.6 Å². The van der Waals surface area contributed by atoms with Gasteiger partial charge in [-0.15, -0.1) is 0 Å². The Bertz CT molecular complexity index is 566. The van der Waals surface area contributed by atoms with Crippen LogP contribution in [0.25, 0.3) is 0 Å². The fourth-order valence-electron chi connectivity index (χ4n) is 1.92. The van der Waals surface area contributed by atoms with Crippen LogP contribution in [0.3, 0.4) is 0 Å². The summed E-state index contributed by atoms with van der Waals surface area (Å²) in [7, 11) is 0. The molecule has 2 rings (SSSR count). The van der Waals surface area contributed by atoms with Crippen LogP contribution < -0.4 is 10.1 Å². The van der Waals surface area contributed by atoms with E-state index in [4.69, 9.17) is 16.3 Å². The van der Waals surface area contributed by atoms with Crippen molar-refractivity contribution in [3.63, 3.8) is 0 Å². The Hall–Kier alpha value is -1.67. The fourth-order valence-corrected chi connectivity index (χ4v) is 2.05. The van der Waals surface area contributed by atoms with Crippen molar-refractivity contribution in [2.24, 2.45) is 0 Å². The van der Waals surface area contributed by atoms with Crippen molar-refractivity contribution >= 4 is 17.3 Å². The minimum atomic E-state index is 0.0891. The first-order valence-corrected chi connectivity index (χ1v) is 7.16. The lowest BCUT2D eigenvalue weighted by Crippen LogP contribution is -2.23. The zero-order valence-corrected chi connectivity index (χ0v) is 12.9. The van der Waals surface area contributed by atoms with E-state index in [-0.39, 0.29) is 6.10 Å². The molecule has 0 aliphatic heterocycles. The average Bonchev–Trinajstić information content (AvgIpc) is 2.42. The molecule has 1 N–H and O–H groups in total. The molecular formula is C17H20ClNO. The molecule has 2 aromatic carbocycles. The van der Waals surface area contributed by atoms with Gasteiger partial charge in [-0.2, -0.15) is 0 Å². The number of hydrogen-bond donors (Lipinski definition) is 1. The first-order chi connectivity index (χ1) is 9.54. The van der Waals surface area contributed by atoms with Crippen molar-refractivity contribution in [1.29, 1.82) is 0 Å². The number of benzene rings is 2. The van der Waals surface area contributed by atoms with E-state index in [1.807, 2.05) is 24.3 Å². The molecule has 0 amide bonds. The van der Waals surface area contributed by atoms with Crippen LogP contribution in [-0.2, 0) is 0 Å². The molecule has 0 aliphatic carbocycles. The molecule has 0 radical (unpaired) electrons. The van der Waals surface area contributed by atoms with Crippen LogP contribution in [0.2, 0.25) is 5.02 Å². The Morgan fingerprint density at radius 3 is 2.50 bits per heavy atom. The molecule has 0 aromatic heterocycles. The van der Waals surface area contributed by atoms with Gasteiger partial charge >= 0.3 is 0 Å². The Morgan fingerprint density at radius 2 is 1.80 bits per heavy atom. The van der Waals surface area contributed by atoms with E-state index in [1.165, 1.54) is 5.56 Å². The topological polar surface area (TPSA) is 21.3 Å². The molecular weight excluding hydrogens is 270 g/mol. The highest BCUT2D eigenvalue weighted by Gasteiger charge is 2.06. The van der Waals surface area contributed by atoms with Crippen LogP contribution in [0.15, 0.2) is 42.5 Å². The predicted molar refractivity (Wildman–Crippen MR) is 85.9 cm³/mol. The van der Waals surface area contributed by atoms with E-state index in [0.717, 1.165) is 28.6 Å². The van der Waals surface area contributed by atoms with Crippen LogP contribution in [0.5, 0.6) is 5.75 Å². The van der Waals surface area contributed by atoms with E-state index in [0.29, 0.717) is 0 Å². The molecule has 2 aromatic rings. The standard InChI is InChI=1S/C17H20ClNO/c1-12-4-5-13(2)17(10-12)20-14(3)11-19-16-8-6-15(18)7-9-16/h4-10,14,19H,11H2,1-3H3. The first-order valence-electron chi connectivity index (χ1n) is 6.78. The molecule has 1 unspecified atom stereocenters. The summed E-state index contributed by atoms with van der Waals surface area (Å²) in [5.41, 5.74) is 3.42. The molecule has 0 saturated carbocycles. The van der Waals surface area contributed by atoms with Crippen molar-refractivity contribution < 1.29 is 4.74 Å². The lowest BCUT2D eigenvalue weighted by molar-refractivity contribution is 0.233. The summed E-state index contributed by atoms with van der Waals surface area (Å²) < 4.78 is 5.98. The Kier molecular flexibility index (Phi) is 4.91.